The molecule has 2 heterocycles. The molecule has 0 aromatic heterocycles. The van der Waals surface area contributed by atoms with E-state index in [9.17, 15) is 18.8 Å². The highest BCUT2D eigenvalue weighted by Gasteiger charge is 2.49. The fourth-order valence-electron chi connectivity index (χ4n) is 6.71. The number of likely N-dealkylation sites (tertiary alicyclic amines) is 1. The molecule has 4 rings (SSSR count). The van der Waals surface area contributed by atoms with Gasteiger partial charge in [-0.1, -0.05) is 31.4 Å². The number of carbonyl (C=O) groups excluding carboxylic acids is 3. The highest BCUT2D eigenvalue weighted by molar-refractivity contribution is 5.90. The third kappa shape index (κ3) is 7.40. The monoisotopic (exact) mass is 557 g/mol. The second-order valence-corrected chi connectivity index (χ2v) is 13.1. The Balaban J connectivity index is 1.50. The second-order valence-electron chi connectivity index (χ2n) is 13.1. The first-order valence-electron chi connectivity index (χ1n) is 15.1. The van der Waals surface area contributed by atoms with E-state index < -0.39 is 11.5 Å². The van der Waals surface area contributed by atoms with Crippen molar-refractivity contribution in [3.8, 4) is 0 Å². The first-order chi connectivity index (χ1) is 19.0. The number of nitrogens with one attached hydrogen (secondary N) is 3. The average molecular weight is 558 g/mol. The van der Waals surface area contributed by atoms with E-state index in [0.29, 0.717) is 38.4 Å². The molecular weight excluding hydrogens is 509 g/mol. The molecule has 1 aliphatic carbocycles. The van der Waals surface area contributed by atoms with E-state index in [0.717, 1.165) is 44.3 Å². The Kier molecular flexibility index (Phi) is 9.88. The van der Waals surface area contributed by atoms with Gasteiger partial charge in [0.25, 0.3) is 0 Å². The SMILES string of the molecule is CN1CCNC[C@H]1C(=O)N[C@H](Cc1ccc(F)cc1)C(=O)N1CCC(C(=O)NC(C)(C)C)(C2CCCCC2)CC1. The molecule has 3 N–H and O–H groups in total. The summed E-state index contributed by atoms with van der Waals surface area (Å²) in [6, 6.07) is 4.96. The molecule has 2 aliphatic heterocycles. The summed E-state index contributed by atoms with van der Waals surface area (Å²) < 4.78 is 13.6. The molecule has 8 nitrogen and oxygen atoms in total. The van der Waals surface area contributed by atoms with Crippen molar-refractivity contribution >= 4 is 17.7 Å². The molecule has 1 aromatic carbocycles. The van der Waals surface area contributed by atoms with Crippen LogP contribution in [-0.4, -0.2) is 84.9 Å². The number of halogens is 1. The highest BCUT2D eigenvalue weighted by atomic mass is 19.1. The molecule has 222 valence electrons. The lowest BCUT2D eigenvalue weighted by atomic mass is 9.63. The summed E-state index contributed by atoms with van der Waals surface area (Å²) in [5.74, 6) is -0.229. The minimum Gasteiger partial charge on any atom is -0.351 e. The summed E-state index contributed by atoms with van der Waals surface area (Å²) in [6.45, 7) is 9.09. The quantitative estimate of drug-likeness (QED) is 0.480. The van der Waals surface area contributed by atoms with Crippen LogP contribution in [0.1, 0.15) is 71.3 Å². The van der Waals surface area contributed by atoms with E-state index in [-0.39, 0.29) is 41.5 Å². The zero-order valence-electron chi connectivity index (χ0n) is 24.7. The third-order valence-electron chi connectivity index (χ3n) is 9.08. The summed E-state index contributed by atoms with van der Waals surface area (Å²) in [4.78, 5) is 44.8. The van der Waals surface area contributed by atoms with Gasteiger partial charge in [0.1, 0.15) is 17.9 Å². The standard InChI is InChI=1S/C31H48FN5O3/c1-30(2,3)35-29(40)31(23-8-6-5-7-9-23)14-17-37(18-15-31)28(39)25(20-22-10-12-24(32)13-11-22)34-27(38)26-21-33-16-19-36(26)4/h10-13,23,25-26,33H,5-9,14-21H2,1-4H3,(H,34,38)(H,35,40)/t25-,26+/m1/s1. The van der Waals surface area contributed by atoms with Gasteiger partial charge in [0.05, 0.1) is 5.41 Å². The van der Waals surface area contributed by atoms with Crippen LogP contribution < -0.4 is 16.0 Å². The Bertz CT molecular complexity index is 1030. The van der Waals surface area contributed by atoms with Gasteiger partial charge in [-0.3, -0.25) is 19.3 Å². The molecule has 3 amide bonds. The van der Waals surface area contributed by atoms with Gasteiger partial charge in [-0.05, 0) is 77.1 Å². The van der Waals surface area contributed by atoms with Crippen LogP contribution in [0.2, 0.25) is 0 Å². The summed E-state index contributed by atoms with van der Waals surface area (Å²) in [5.41, 5.74) is -0.0121. The van der Waals surface area contributed by atoms with E-state index >= 15 is 0 Å². The number of benzene rings is 1. The molecule has 3 fully saturated rings. The van der Waals surface area contributed by atoms with E-state index in [2.05, 4.69) is 16.0 Å². The van der Waals surface area contributed by atoms with Crippen LogP contribution in [-0.2, 0) is 20.8 Å². The fourth-order valence-corrected chi connectivity index (χ4v) is 6.71. The zero-order valence-corrected chi connectivity index (χ0v) is 24.7. The van der Waals surface area contributed by atoms with E-state index in [4.69, 9.17) is 0 Å². The third-order valence-corrected chi connectivity index (χ3v) is 9.08. The zero-order chi connectivity index (χ0) is 28.9. The number of piperazine rings is 1. The van der Waals surface area contributed by atoms with Crippen molar-refractivity contribution in [2.45, 2.75) is 89.8 Å². The van der Waals surface area contributed by atoms with E-state index in [1.54, 1.807) is 12.1 Å². The molecule has 1 saturated carbocycles. The van der Waals surface area contributed by atoms with Crippen LogP contribution in [0.3, 0.4) is 0 Å². The molecule has 3 aliphatic rings. The Morgan fingerprint density at radius 3 is 2.30 bits per heavy atom. The number of hydrogen-bond acceptors (Lipinski definition) is 5. The van der Waals surface area contributed by atoms with E-state index in [1.807, 2.05) is 37.6 Å². The number of hydrogen-bond donors (Lipinski definition) is 3. The van der Waals surface area contributed by atoms with Crippen molar-refractivity contribution in [1.82, 2.24) is 25.8 Å². The molecule has 40 heavy (non-hydrogen) atoms. The Morgan fingerprint density at radius 2 is 1.70 bits per heavy atom. The number of nitrogens with zero attached hydrogens (tertiary/aromatic N) is 2. The van der Waals surface area contributed by atoms with Gasteiger partial charge in [-0.25, -0.2) is 4.39 Å². The molecule has 0 spiro atoms. The Morgan fingerprint density at radius 1 is 1.05 bits per heavy atom. The molecule has 1 aromatic rings. The number of carbonyl (C=O) groups is 3. The van der Waals surface area contributed by atoms with E-state index in [1.165, 1.54) is 18.6 Å². The molecular formula is C31H48FN5O3. The smallest absolute Gasteiger partial charge is 0.245 e. The van der Waals surface area contributed by atoms with Crippen LogP contribution in [0.25, 0.3) is 0 Å². The van der Waals surface area contributed by atoms with Crippen molar-refractivity contribution in [3.05, 3.63) is 35.6 Å². The number of likely N-dealkylation sites (N-methyl/N-ethyl adjacent to an activating group) is 1. The first kappa shape index (κ1) is 30.4. The van der Waals surface area contributed by atoms with Gasteiger partial charge in [0.2, 0.25) is 17.7 Å². The van der Waals surface area contributed by atoms with Gasteiger partial charge in [0.15, 0.2) is 0 Å². The predicted octanol–water partition coefficient (Wildman–Crippen LogP) is 2.86. The minimum atomic E-state index is -0.765. The van der Waals surface area contributed by atoms with Crippen molar-refractivity contribution in [2.24, 2.45) is 11.3 Å². The van der Waals surface area contributed by atoms with Gasteiger partial charge >= 0.3 is 0 Å². The maximum atomic E-state index is 14.0. The first-order valence-corrected chi connectivity index (χ1v) is 15.1. The Hall–Kier alpha value is -2.52. The maximum Gasteiger partial charge on any atom is 0.245 e. The second kappa shape index (κ2) is 13.0. The fraction of sp³-hybridized carbons (Fsp3) is 0.710. The molecule has 0 radical (unpaired) electrons. The topological polar surface area (TPSA) is 93.8 Å². The lowest BCUT2D eigenvalue weighted by Crippen LogP contribution is -2.61. The van der Waals surface area contributed by atoms with Gasteiger partial charge in [-0.15, -0.1) is 0 Å². The molecule has 9 heteroatoms. The molecule has 2 saturated heterocycles. The minimum absolute atomic E-state index is 0.114. The van der Waals surface area contributed by atoms with Gasteiger partial charge in [0, 0.05) is 44.7 Å². The maximum absolute atomic E-state index is 14.0. The van der Waals surface area contributed by atoms with Crippen molar-refractivity contribution in [1.29, 1.82) is 0 Å². The summed E-state index contributed by atoms with van der Waals surface area (Å²) >= 11 is 0. The molecule has 0 unspecified atom stereocenters. The lowest BCUT2D eigenvalue weighted by molar-refractivity contribution is -0.147. The molecule has 2 atom stereocenters. The average Bonchev–Trinajstić information content (AvgIpc) is 2.93. The number of rotatable bonds is 7. The van der Waals surface area contributed by atoms with Gasteiger partial charge in [-0.2, -0.15) is 0 Å². The van der Waals surface area contributed by atoms with Crippen molar-refractivity contribution in [2.75, 3.05) is 39.8 Å². The van der Waals surface area contributed by atoms with Crippen LogP contribution >= 0.6 is 0 Å². The largest absolute Gasteiger partial charge is 0.351 e. The predicted molar refractivity (Wildman–Crippen MR) is 154 cm³/mol. The summed E-state index contributed by atoms with van der Waals surface area (Å²) in [5, 5.41) is 9.54. The number of amides is 3. The normalized spacial score (nSPS) is 23.3. The summed E-state index contributed by atoms with van der Waals surface area (Å²) in [6.07, 6.45) is 7.14. The van der Waals surface area contributed by atoms with Crippen molar-refractivity contribution in [3.63, 3.8) is 0 Å². The number of piperidine rings is 1. The van der Waals surface area contributed by atoms with Gasteiger partial charge < -0.3 is 20.9 Å². The van der Waals surface area contributed by atoms with Crippen LogP contribution in [0.15, 0.2) is 24.3 Å². The van der Waals surface area contributed by atoms with Crippen molar-refractivity contribution < 1.29 is 18.8 Å². The van der Waals surface area contributed by atoms with Crippen LogP contribution in [0.5, 0.6) is 0 Å². The highest BCUT2D eigenvalue weighted by Crippen LogP contribution is 2.46. The summed E-state index contributed by atoms with van der Waals surface area (Å²) in [7, 11) is 1.92. The molecule has 0 bridgehead atoms. The Labute approximate surface area is 238 Å². The lowest BCUT2D eigenvalue weighted by Gasteiger charge is -2.48. The van der Waals surface area contributed by atoms with Crippen LogP contribution in [0, 0.1) is 17.2 Å². The van der Waals surface area contributed by atoms with Crippen LogP contribution in [0.4, 0.5) is 4.39 Å².